The van der Waals surface area contributed by atoms with Crippen molar-refractivity contribution in [2.24, 2.45) is 40.4 Å². The largest absolute Gasteiger partial charge is 0.368 e. The quantitative estimate of drug-likeness (QED) is 0.557. The predicted molar refractivity (Wildman–Crippen MR) is 97.2 cm³/mol. The molecule has 2 unspecified atom stereocenters. The van der Waals surface area contributed by atoms with Crippen LogP contribution in [-0.2, 0) is 0 Å². The molecular formula is C22H36O2. The molecule has 0 heterocycles. The van der Waals surface area contributed by atoms with Crippen LogP contribution in [0, 0.1) is 40.4 Å². The molecule has 0 spiro atoms. The number of allylic oxidation sites excluding steroid dienone is 2. The Morgan fingerprint density at radius 2 is 1.96 bits per heavy atom. The van der Waals surface area contributed by atoms with Gasteiger partial charge in [0.05, 0.1) is 0 Å². The number of hydrogen-bond donors (Lipinski definition) is 2. The average Bonchev–Trinajstić information content (AvgIpc) is 2.78. The van der Waals surface area contributed by atoms with Crippen LogP contribution >= 0.6 is 0 Å². The zero-order valence-corrected chi connectivity index (χ0v) is 15.8. The first kappa shape index (κ1) is 17.1. The molecule has 2 N–H and O–H groups in total. The van der Waals surface area contributed by atoms with E-state index in [1.807, 2.05) is 5.57 Å². The second-order valence-electron chi connectivity index (χ2n) is 10.1. The van der Waals surface area contributed by atoms with Crippen LogP contribution in [-0.4, -0.2) is 16.5 Å². The highest BCUT2D eigenvalue weighted by molar-refractivity contribution is 5.29. The van der Waals surface area contributed by atoms with Gasteiger partial charge < -0.3 is 10.2 Å². The van der Waals surface area contributed by atoms with Crippen LogP contribution in [0.3, 0.4) is 0 Å². The highest BCUT2D eigenvalue weighted by Gasteiger charge is 2.58. The lowest BCUT2D eigenvalue weighted by Crippen LogP contribution is -2.47. The smallest absolute Gasteiger partial charge is 0.151 e. The third kappa shape index (κ3) is 2.35. The lowest BCUT2D eigenvalue weighted by Gasteiger charge is -2.56. The van der Waals surface area contributed by atoms with Crippen LogP contribution in [0.5, 0.6) is 0 Å². The van der Waals surface area contributed by atoms with Gasteiger partial charge >= 0.3 is 0 Å². The molecule has 0 aromatic rings. The van der Waals surface area contributed by atoms with Crippen LogP contribution in [0.2, 0.25) is 0 Å². The Balaban J connectivity index is 1.67. The van der Waals surface area contributed by atoms with E-state index in [0.717, 1.165) is 24.2 Å². The minimum Gasteiger partial charge on any atom is -0.368 e. The third-order valence-electron chi connectivity index (χ3n) is 9.00. The molecule has 0 amide bonds. The van der Waals surface area contributed by atoms with Gasteiger partial charge in [-0.05, 0) is 78.9 Å². The summed E-state index contributed by atoms with van der Waals surface area (Å²) in [4.78, 5) is 0. The molecule has 0 bridgehead atoms. The van der Waals surface area contributed by atoms with E-state index in [1.165, 1.54) is 44.9 Å². The number of aliphatic hydroxyl groups is 2. The van der Waals surface area contributed by atoms with Gasteiger partial charge in [0.1, 0.15) is 0 Å². The molecule has 0 aromatic carbocycles. The standard InChI is InChI=1S/C22H36O2/c1-14-12-19-16-8-7-15-6-4-5-10-21(15,2)17(16)9-11-22(19,3)18(14)13-20(23)24/h9,14-16,18-20,23-24H,4-8,10-13H2,1-3H3/t14?,15?,16-,18+,19+,21+,22-/m1/s1. The Kier molecular flexibility index (Phi) is 4.16. The van der Waals surface area contributed by atoms with Gasteiger partial charge in [-0.15, -0.1) is 0 Å². The highest BCUT2D eigenvalue weighted by Crippen LogP contribution is 2.66. The normalized spacial score (nSPS) is 50.9. The van der Waals surface area contributed by atoms with E-state index in [2.05, 4.69) is 26.8 Å². The predicted octanol–water partition coefficient (Wildman–Crippen LogP) is 4.90. The maximum atomic E-state index is 9.60. The molecule has 24 heavy (non-hydrogen) atoms. The lowest BCUT2D eigenvalue weighted by molar-refractivity contribution is -0.0759. The van der Waals surface area contributed by atoms with Crippen LogP contribution in [0.4, 0.5) is 0 Å². The molecule has 0 aliphatic heterocycles. The van der Waals surface area contributed by atoms with E-state index >= 15 is 0 Å². The van der Waals surface area contributed by atoms with Crippen molar-refractivity contribution < 1.29 is 10.2 Å². The second-order valence-corrected chi connectivity index (χ2v) is 10.1. The molecule has 4 aliphatic rings. The topological polar surface area (TPSA) is 40.5 Å². The molecule has 7 atom stereocenters. The minimum atomic E-state index is -1.15. The Labute approximate surface area is 147 Å². The van der Waals surface area contributed by atoms with Gasteiger partial charge in [-0.3, -0.25) is 0 Å². The minimum absolute atomic E-state index is 0.273. The summed E-state index contributed by atoms with van der Waals surface area (Å²) < 4.78 is 0. The van der Waals surface area contributed by atoms with Gasteiger partial charge in [0.2, 0.25) is 0 Å². The van der Waals surface area contributed by atoms with Crippen molar-refractivity contribution >= 4 is 0 Å². The third-order valence-corrected chi connectivity index (χ3v) is 9.00. The Bertz CT molecular complexity index is 524. The van der Waals surface area contributed by atoms with Crippen LogP contribution in [0.25, 0.3) is 0 Å². The maximum Gasteiger partial charge on any atom is 0.151 e. The van der Waals surface area contributed by atoms with Gasteiger partial charge in [0, 0.05) is 6.42 Å². The summed E-state index contributed by atoms with van der Waals surface area (Å²) in [5, 5.41) is 19.2. The maximum absolute atomic E-state index is 9.60. The first-order valence-electron chi connectivity index (χ1n) is 10.4. The molecule has 136 valence electrons. The van der Waals surface area contributed by atoms with E-state index < -0.39 is 6.29 Å². The van der Waals surface area contributed by atoms with Crippen LogP contribution < -0.4 is 0 Å². The highest BCUT2D eigenvalue weighted by atomic mass is 16.5. The molecule has 0 aromatic heterocycles. The molecule has 4 aliphatic carbocycles. The zero-order valence-electron chi connectivity index (χ0n) is 15.8. The average molecular weight is 333 g/mol. The fourth-order valence-corrected chi connectivity index (χ4v) is 7.75. The van der Waals surface area contributed by atoms with Crippen LogP contribution in [0.15, 0.2) is 11.6 Å². The Morgan fingerprint density at radius 1 is 1.17 bits per heavy atom. The zero-order chi connectivity index (χ0) is 17.1. The van der Waals surface area contributed by atoms with Crippen molar-refractivity contribution in [2.75, 3.05) is 0 Å². The molecule has 3 saturated carbocycles. The van der Waals surface area contributed by atoms with E-state index in [-0.39, 0.29) is 5.41 Å². The van der Waals surface area contributed by atoms with Crippen molar-refractivity contribution in [1.29, 1.82) is 0 Å². The van der Waals surface area contributed by atoms with Gasteiger partial charge in [-0.25, -0.2) is 0 Å². The number of rotatable bonds is 2. The molecule has 3 fully saturated rings. The fourth-order valence-electron chi connectivity index (χ4n) is 7.75. The van der Waals surface area contributed by atoms with Gasteiger partial charge in [-0.1, -0.05) is 45.3 Å². The van der Waals surface area contributed by atoms with E-state index in [1.54, 1.807) is 0 Å². The molecule has 4 rings (SSSR count). The molecular weight excluding hydrogens is 296 g/mol. The van der Waals surface area contributed by atoms with Crippen molar-refractivity contribution in [2.45, 2.75) is 84.8 Å². The first-order valence-corrected chi connectivity index (χ1v) is 10.4. The van der Waals surface area contributed by atoms with Gasteiger partial charge in [0.15, 0.2) is 6.29 Å². The van der Waals surface area contributed by atoms with E-state index in [4.69, 9.17) is 0 Å². The van der Waals surface area contributed by atoms with Crippen molar-refractivity contribution in [3.05, 3.63) is 11.6 Å². The van der Waals surface area contributed by atoms with Crippen LogP contribution in [0.1, 0.15) is 78.6 Å². The summed E-state index contributed by atoms with van der Waals surface area (Å²) in [5.74, 6) is 3.53. The summed E-state index contributed by atoms with van der Waals surface area (Å²) in [5.41, 5.74) is 2.56. The summed E-state index contributed by atoms with van der Waals surface area (Å²) in [7, 11) is 0. The summed E-state index contributed by atoms with van der Waals surface area (Å²) in [6, 6.07) is 0. The molecule has 0 radical (unpaired) electrons. The molecule has 2 heteroatoms. The molecule has 0 saturated heterocycles. The Hall–Kier alpha value is -0.340. The fraction of sp³-hybridized carbons (Fsp3) is 0.909. The molecule has 2 nitrogen and oxygen atoms in total. The summed E-state index contributed by atoms with van der Waals surface area (Å²) in [6.45, 7) is 7.38. The Morgan fingerprint density at radius 3 is 2.71 bits per heavy atom. The van der Waals surface area contributed by atoms with E-state index in [0.29, 0.717) is 23.7 Å². The monoisotopic (exact) mass is 332 g/mol. The summed E-state index contributed by atoms with van der Waals surface area (Å²) >= 11 is 0. The number of aliphatic hydroxyl groups excluding tert-OH is 1. The van der Waals surface area contributed by atoms with Crippen molar-refractivity contribution in [1.82, 2.24) is 0 Å². The van der Waals surface area contributed by atoms with Gasteiger partial charge in [-0.2, -0.15) is 0 Å². The lowest BCUT2D eigenvalue weighted by atomic mass is 9.49. The van der Waals surface area contributed by atoms with Crippen molar-refractivity contribution in [3.63, 3.8) is 0 Å². The first-order chi connectivity index (χ1) is 11.4. The van der Waals surface area contributed by atoms with Gasteiger partial charge in [0.25, 0.3) is 0 Å². The number of hydrogen-bond acceptors (Lipinski definition) is 2. The van der Waals surface area contributed by atoms with E-state index in [9.17, 15) is 10.2 Å². The SMILES string of the molecule is CC1C[C@H]2[C@@H]3CCC4CCCC[C@]4(C)C3=CC[C@]2(C)[C@H]1CC(O)O. The second kappa shape index (κ2) is 5.84. The summed E-state index contributed by atoms with van der Waals surface area (Å²) in [6.07, 6.45) is 13.0. The van der Waals surface area contributed by atoms with Crippen molar-refractivity contribution in [3.8, 4) is 0 Å². The number of fused-ring (bicyclic) bond motifs is 5.